The van der Waals surface area contributed by atoms with E-state index in [2.05, 4.69) is 46.3 Å². The topological polar surface area (TPSA) is 97.1 Å². The third kappa shape index (κ3) is 6.30. The van der Waals surface area contributed by atoms with E-state index in [1.165, 1.54) is 14.2 Å². The minimum absolute atomic E-state index is 0.0541. The second-order valence-corrected chi connectivity index (χ2v) is 14.1. The maximum atomic E-state index is 11.8. The summed E-state index contributed by atoms with van der Waals surface area (Å²) in [5.74, 6) is -0.494. The second kappa shape index (κ2) is 11.1. The third-order valence-corrected chi connectivity index (χ3v) is 12.1. The van der Waals surface area contributed by atoms with Gasteiger partial charge in [0.25, 0.3) is 0 Å². The number of nitrogens with two attached hydrogens (primary N) is 1. The monoisotopic (exact) mass is 429 g/mol. The molecule has 0 spiro atoms. The molecular formula is C21H39NO6Si. The van der Waals surface area contributed by atoms with Gasteiger partial charge in [0, 0.05) is 6.42 Å². The van der Waals surface area contributed by atoms with Gasteiger partial charge < -0.3 is 24.4 Å². The molecule has 1 aliphatic carbocycles. The molecule has 168 valence electrons. The molecule has 0 bridgehead atoms. The largest absolute Gasteiger partial charge is 0.508 e. The van der Waals surface area contributed by atoms with E-state index in [0.717, 1.165) is 5.57 Å². The molecule has 0 aromatic rings. The SMILES string of the molecule is COC(=O)O[C@H]1C[C@H](O[Si](C(C)C)(C(C)C)C(C)C)CC=C1C[C@H](N)C(=O)OC. The van der Waals surface area contributed by atoms with Crippen molar-refractivity contribution in [3.8, 4) is 0 Å². The zero-order chi connectivity index (χ0) is 22.4. The van der Waals surface area contributed by atoms with Crippen molar-refractivity contribution in [1.29, 1.82) is 0 Å². The molecule has 8 heteroatoms. The Labute approximate surface area is 176 Å². The lowest BCUT2D eigenvalue weighted by Crippen LogP contribution is -2.51. The number of esters is 1. The van der Waals surface area contributed by atoms with Crippen LogP contribution in [-0.2, 0) is 23.4 Å². The molecule has 0 aliphatic heterocycles. The molecule has 0 radical (unpaired) electrons. The number of rotatable bonds is 9. The van der Waals surface area contributed by atoms with Gasteiger partial charge in [-0.3, -0.25) is 4.79 Å². The standard InChI is InChI=1S/C21H39NO6Si/c1-13(2)29(14(3)4,15(5)6)28-17-10-9-16(11-18(22)20(23)25-7)19(12-17)27-21(24)26-8/h9,13-15,17-19H,10-12,22H2,1-8H3/t17-,18+,19+/m1/s1. The average molecular weight is 430 g/mol. The van der Waals surface area contributed by atoms with Crippen LogP contribution in [0.25, 0.3) is 0 Å². The Morgan fingerprint density at radius 3 is 2.07 bits per heavy atom. The van der Waals surface area contributed by atoms with E-state index in [1.807, 2.05) is 6.08 Å². The maximum Gasteiger partial charge on any atom is 0.508 e. The van der Waals surface area contributed by atoms with Gasteiger partial charge in [0.1, 0.15) is 12.1 Å². The van der Waals surface area contributed by atoms with Gasteiger partial charge in [-0.25, -0.2) is 4.79 Å². The highest BCUT2D eigenvalue weighted by Crippen LogP contribution is 2.44. The molecule has 29 heavy (non-hydrogen) atoms. The first-order valence-corrected chi connectivity index (χ1v) is 12.6. The van der Waals surface area contributed by atoms with Crippen molar-refractivity contribution in [3.63, 3.8) is 0 Å². The fraction of sp³-hybridized carbons (Fsp3) is 0.810. The van der Waals surface area contributed by atoms with Crippen molar-refractivity contribution in [2.75, 3.05) is 14.2 Å². The van der Waals surface area contributed by atoms with Crippen molar-refractivity contribution >= 4 is 20.4 Å². The van der Waals surface area contributed by atoms with E-state index >= 15 is 0 Å². The van der Waals surface area contributed by atoms with E-state index in [1.54, 1.807) is 0 Å². The Bertz CT molecular complexity index is 568. The molecule has 0 aromatic heterocycles. The molecule has 0 aromatic carbocycles. The fourth-order valence-electron chi connectivity index (χ4n) is 4.69. The first-order valence-electron chi connectivity index (χ1n) is 10.4. The number of ether oxygens (including phenoxy) is 3. The number of hydrogen-bond donors (Lipinski definition) is 1. The highest BCUT2D eigenvalue weighted by Gasteiger charge is 2.47. The lowest BCUT2D eigenvalue weighted by Gasteiger charge is -2.45. The highest BCUT2D eigenvalue weighted by molar-refractivity contribution is 6.77. The second-order valence-electron chi connectivity index (χ2n) is 8.70. The molecule has 1 rings (SSSR count). The normalized spacial score (nSPS) is 21.2. The Morgan fingerprint density at radius 1 is 1.07 bits per heavy atom. The zero-order valence-electron chi connectivity index (χ0n) is 19.2. The van der Waals surface area contributed by atoms with Crippen molar-refractivity contribution in [3.05, 3.63) is 11.6 Å². The number of carbonyl (C=O) groups excluding carboxylic acids is 2. The summed E-state index contributed by atoms with van der Waals surface area (Å²) in [7, 11) is 0.508. The molecule has 3 atom stereocenters. The van der Waals surface area contributed by atoms with Crippen LogP contribution < -0.4 is 5.73 Å². The fourth-order valence-corrected chi connectivity index (χ4v) is 10.3. The quantitative estimate of drug-likeness (QED) is 0.331. The summed E-state index contributed by atoms with van der Waals surface area (Å²) >= 11 is 0. The summed E-state index contributed by atoms with van der Waals surface area (Å²) in [5, 5.41) is 0. The van der Waals surface area contributed by atoms with Crippen LogP contribution >= 0.6 is 0 Å². The van der Waals surface area contributed by atoms with Crippen LogP contribution in [0.5, 0.6) is 0 Å². The van der Waals surface area contributed by atoms with Gasteiger partial charge in [0.05, 0.1) is 20.3 Å². The van der Waals surface area contributed by atoms with E-state index in [9.17, 15) is 9.59 Å². The zero-order valence-corrected chi connectivity index (χ0v) is 20.2. The molecule has 0 fully saturated rings. The van der Waals surface area contributed by atoms with E-state index in [0.29, 0.717) is 29.5 Å². The minimum atomic E-state index is -2.07. The Morgan fingerprint density at radius 2 is 1.62 bits per heavy atom. The van der Waals surface area contributed by atoms with Crippen LogP contribution in [0.15, 0.2) is 11.6 Å². The van der Waals surface area contributed by atoms with Gasteiger partial charge in [-0.15, -0.1) is 0 Å². The van der Waals surface area contributed by atoms with Gasteiger partial charge in [-0.05, 0) is 35.0 Å². The summed E-state index contributed by atoms with van der Waals surface area (Å²) < 4.78 is 21.8. The average Bonchev–Trinajstić information content (AvgIpc) is 2.65. The molecule has 0 heterocycles. The molecule has 2 N–H and O–H groups in total. The predicted molar refractivity (Wildman–Crippen MR) is 115 cm³/mol. The summed E-state index contributed by atoms with van der Waals surface area (Å²) in [5.41, 5.74) is 8.11. The predicted octanol–water partition coefficient (Wildman–Crippen LogP) is 4.31. The summed E-state index contributed by atoms with van der Waals surface area (Å²) in [4.78, 5) is 23.5. The summed E-state index contributed by atoms with van der Waals surface area (Å²) in [6.07, 6.45) is 2.14. The molecule has 7 nitrogen and oxygen atoms in total. The first kappa shape index (κ1) is 25.7. The lowest BCUT2D eigenvalue weighted by molar-refractivity contribution is -0.142. The smallest absolute Gasteiger partial charge is 0.468 e. The third-order valence-electron chi connectivity index (χ3n) is 5.98. The van der Waals surface area contributed by atoms with Crippen molar-refractivity contribution < 1.29 is 28.2 Å². The van der Waals surface area contributed by atoms with E-state index in [-0.39, 0.29) is 12.5 Å². The van der Waals surface area contributed by atoms with E-state index in [4.69, 9.17) is 19.6 Å². The molecular weight excluding hydrogens is 390 g/mol. The Hall–Kier alpha value is -1.38. The molecule has 1 aliphatic rings. The summed E-state index contributed by atoms with van der Waals surface area (Å²) in [6.45, 7) is 13.5. The number of methoxy groups -OCH3 is 2. The Balaban J connectivity index is 3.09. The van der Waals surface area contributed by atoms with Crippen LogP contribution in [-0.4, -0.2) is 52.9 Å². The van der Waals surface area contributed by atoms with E-state index < -0.39 is 32.6 Å². The van der Waals surface area contributed by atoms with Crippen molar-refractivity contribution in [1.82, 2.24) is 0 Å². The van der Waals surface area contributed by atoms with Gasteiger partial charge in [-0.1, -0.05) is 47.6 Å². The molecule has 0 saturated heterocycles. The Kier molecular flexibility index (Phi) is 9.84. The lowest BCUT2D eigenvalue weighted by atomic mass is 9.90. The number of carbonyl (C=O) groups is 2. The van der Waals surface area contributed by atoms with Gasteiger partial charge in [-0.2, -0.15) is 0 Å². The van der Waals surface area contributed by atoms with Crippen molar-refractivity contribution in [2.24, 2.45) is 5.73 Å². The molecule has 0 unspecified atom stereocenters. The maximum absolute atomic E-state index is 11.8. The van der Waals surface area contributed by atoms with Crippen LogP contribution in [0, 0.1) is 0 Å². The van der Waals surface area contributed by atoms with Crippen LogP contribution in [0.3, 0.4) is 0 Å². The van der Waals surface area contributed by atoms with Crippen LogP contribution in [0.2, 0.25) is 16.6 Å². The highest BCUT2D eigenvalue weighted by atomic mass is 28.4. The van der Waals surface area contributed by atoms with Crippen molar-refractivity contribution in [2.45, 2.75) is 95.7 Å². The molecule has 0 saturated carbocycles. The number of hydrogen-bond acceptors (Lipinski definition) is 7. The van der Waals surface area contributed by atoms with Gasteiger partial charge >= 0.3 is 12.1 Å². The van der Waals surface area contributed by atoms with Gasteiger partial charge in [0.15, 0.2) is 0 Å². The van der Waals surface area contributed by atoms with Crippen LogP contribution in [0.1, 0.15) is 60.8 Å². The first-order chi connectivity index (χ1) is 13.5. The minimum Gasteiger partial charge on any atom is -0.468 e. The van der Waals surface area contributed by atoms with Gasteiger partial charge in [0.2, 0.25) is 8.32 Å². The van der Waals surface area contributed by atoms with Crippen LogP contribution in [0.4, 0.5) is 4.79 Å². The molecule has 0 amide bonds. The summed E-state index contributed by atoms with van der Waals surface area (Å²) in [6, 6.07) is -0.803.